The van der Waals surface area contributed by atoms with Gasteiger partial charge in [-0.05, 0) is 24.3 Å². The molecule has 3 aromatic rings. The Balaban J connectivity index is 1.41. The molecule has 0 bridgehead atoms. The predicted octanol–water partition coefficient (Wildman–Crippen LogP) is 2.40. The molecule has 0 N–H and O–H groups in total. The summed E-state index contributed by atoms with van der Waals surface area (Å²) >= 11 is 3.45. The summed E-state index contributed by atoms with van der Waals surface area (Å²) in [4.78, 5) is 25.3. The number of carbonyl (C=O) groups excluding carboxylic acids is 1. The van der Waals surface area contributed by atoms with Crippen molar-refractivity contribution >= 4 is 27.7 Å². The third-order valence-corrected chi connectivity index (χ3v) is 5.07. The number of benzene rings is 1. The van der Waals surface area contributed by atoms with Gasteiger partial charge in [0.15, 0.2) is 11.5 Å². The third-order valence-electron chi connectivity index (χ3n) is 4.58. The van der Waals surface area contributed by atoms with Gasteiger partial charge in [0.05, 0.1) is 25.2 Å². The van der Waals surface area contributed by atoms with Gasteiger partial charge < -0.3 is 14.5 Å². The van der Waals surface area contributed by atoms with Crippen LogP contribution in [0.4, 0.5) is 5.82 Å². The Morgan fingerprint density at radius 3 is 2.71 bits per heavy atom. The molecule has 0 spiro atoms. The van der Waals surface area contributed by atoms with Gasteiger partial charge in [0.1, 0.15) is 0 Å². The lowest BCUT2D eigenvalue weighted by Crippen LogP contribution is -2.49. The smallest absolute Gasteiger partial charge is 0.274 e. The van der Waals surface area contributed by atoms with E-state index in [1.807, 2.05) is 29.2 Å². The summed E-state index contributed by atoms with van der Waals surface area (Å²) in [5.41, 5.74) is 1.34. The zero-order valence-corrected chi connectivity index (χ0v) is 16.9. The maximum atomic E-state index is 12.8. The summed E-state index contributed by atoms with van der Waals surface area (Å²) in [6.45, 7) is 2.56. The largest absolute Gasteiger partial charge is 0.480 e. The van der Waals surface area contributed by atoms with Gasteiger partial charge in [-0.2, -0.15) is 10.1 Å². The van der Waals surface area contributed by atoms with Crippen molar-refractivity contribution in [3.05, 3.63) is 59.1 Å². The Morgan fingerprint density at radius 1 is 1.14 bits per heavy atom. The SMILES string of the molecule is COc1cncc(N2CCN(C(=O)c3ccn(-c4cccc(Br)c4)n3)CC2)n1. The number of amides is 1. The Bertz CT molecular complexity index is 984. The van der Waals surface area contributed by atoms with Crippen LogP contribution in [-0.4, -0.2) is 63.8 Å². The van der Waals surface area contributed by atoms with Crippen LogP contribution < -0.4 is 9.64 Å². The molecule has 1 fully saturated rings. The summed E-state index contributed by atoms with van der Waals surface area (Å²) < 4.78 is 7.80. The fourth-order valence-corrected chi connectivity index (χ4v) is 3.48. The van der Waals surface area contributed by atoms with Crippen molar-refractivity contribution in [2.24, 2.45) is 0 Å². The van der Waals surface area contributed by atoms with Crippen LogP contribution in [0.2, 0.25) is 0 Å². The molecular weight excluding hydrogens is 424 g/mol. The molecule has 1 aromatic carbocycles. The Kier molecular flexibility index (Phi) is 5.25. The van der Waals surface area contributed by atoms with Crippen LogP contribution in [-0.2, 0) is 0 Å². The standard InChI is InChI=1S/C19H19BrN6O2/c1-28-18-13-21-12-17(22-18)24-7-9-25(10-8-24)19(27)16-5-6-26(23-16)15-4-2-3-14(20)11-15/h2-6,11-13H,7-10H2,1H3. The van der Waals surface area contributed by atoms with Gasteiger partial charge >= 0.3 is 0 Å². The minimum Gasteiger partial charge on any atom is -0.480 e. The van der Waals surface area contributed by atoms with Crippen molar-refractivity contribution in [3.8, 4) is 11.6 Å². The quantitative estimate of drug-likeness (QED) is 0.617. The van der Waals surface area contributed by atoms with Crippen LogP contribution in [0.5, 0.6) is 5.88 Å². The predicted molar refractivity (Wildman–Crippen MR) is 108 cm³/mol. The Morgan fingerprint density at radius 2 is 1.96 bits per heavy atom. The number of hydrogen-bond acceptors (Lipinski definition) is 6. The van der Waals surface area contributed by atoms with Crippen molar-refractivity contribution in [1.29, 1.82) is 0 Å². The molecule has 144 valence electrons. The highest BCUT2D eigenvalue weighted by molar-refractivity contribution is 9.10. The van der Waals surface area contributed by atoms with Crippen LogP contribution in [0, 0.1) is 0 Å². The van der Waals surface area contributed by atoms with Crippen LogP contribution in [0.1, 0.15) is 10.5 Å². The van der Waals surface area contributed by atoms with Crippen LogP contribution >= 0.6 is 15.9 Å². The number of ether oxygens (including phenoxy) is 1. The van der Waals surface area contributed by atoms with Crippen LogP contribution in [0.25, 0.3) is 5.69 Å². The van der Waals surface area contributed by atoms with Crippen LogP contribution in [0.15, 0.2) is 53.4 Å². The molecule has 28 heavy (non-hydrogen) atoms. The van der Waals surface area contributed by atoms with Gasteiger partial charge in [-0.3, -0.25) is 9.78 Å². The molecular formula is C19H19BrN6O2. The molecule has 1 saturated heterocycles. The lowest BCUT2D eigenvalue weighted by molar-refractivity contribution is 0.0740. The van der Waals surface area contributed by atoms with Gasteiger partial charge in [0, 0.05) is 36.8 Å². The summed E-state index contributed by atoms with van der Waals surface area (Å²) in [5.74, 6) is 1.17. The summed E-state index contributed by atoms with van der Waals surface area (Å²) in [6, 6.07) is 9.53. The lowest BCUT2D eigenvalue weighted by atomic mass is 10.3. The first kappa shape index (κ1) is 18.4. The van der Waals surface area contributed by atoms with E-state index in [0.29, 0.717) is 37.8 Å². The molecule has 4 rings (SSSR count). The van der Waals surface area contributed by atoms with E-state index in [1.165, 1.54) is 0 Å². The van der Waals surface area contributed by atoms with Gasteiger partial charge in [-0.1, -0.05) is 22.0 Å². The number of methoxy groups -OCH3 is 1. The molecule has 8 nitrogen and oxygen atoms in total. The molecule has 1 aliphatic heterocycles. The number of nitrogens with zero attached hydrogens (tertiary/aromatic N) is 6. The molecule has 3 heterocycles. The molecule has 0 atom stereocenters. The first-order chi connectivity index (χ1) is 13.6. The minimum absolute atomic E-state index is 0.0647. The number of rotatable bonds is 4. The van der Waals surface area contributed by atoms with E-state index in [1.54, 1.807) is 36.4 Å². The van der Waals surface area contributed by atoms with Crippen molar-refractivity contribution in [2.45, 2.75) is 0 Å². The van der Waals surface area contributed by atoms with Gasteiger partial charge in [-0.15, -0.1) is 0 Å². The van der Waals surface area contributed by atoms with E-state index in [0.717, 1.165) is 16.0 Å². The van der Waals surface area contributed by atoms with Gasteiger partial charge in [0.2, 0.25) is 5.88 Å². The van der Waals surface area contributed by atoms with E-state index >= 15 is 0 Å². The zero-order chi connectivity index (χ0) is 19.5. The topological polar surface area (TPSA) is 76.4 Å². The third kappa shape index (κ3) is 3.84. The minimum atomic E-state index is -0.0647. The summed E-state index contributed by atoms with van der Waals surface area (Å²) in [6.07, 6.45) is 5.08. The normalized spacial score (nSPS) is 14.2. The fraction of sp³-hybridized carbons (Fsp3) is 0.263. The lowest BCUT2D eigenvalue weighted by Gasteiger charge is -2.34. The molecule has 0 unspecified atom stereocenters. The monoisotopic (exact) mass is 442 g/mol. The van der Waals surface area contributed by atoms with Crippen molar-refractivity contribution in [3.63, 3.8) is 0 Å². The highest BCUT2D eigenvalue weighted by Gasteiger charge is 2.24. The van der Waals surface area contributed by atoms with Crippen molar-refractivity contribution in [2.75, 3.05) is 38.2 Å². The maximum absolute atomic E-state index is 12.8. The fourth-order valence-electron chi connectivity index (χ4n) is 3.09. The van der Waals surface area contributed by atoms with E-state index < -0.39 is 0 Å². The first-order valence-electron chi connectivity index (χ1n) is 8.86. The van der Waals surface area contributed by atoms with Gasteiger partial charge in [0.25, 0.3) is 5.91 Å². The summed E-state index contributed by atoms with van der Waals surface area (Å²) in [7, 11) is 1.57. The van der Waals surface area contributed by atoms with Crippen molar-refractivity contribution < 1.29 is 9.53 Å². The highest BCUT2D eigenvalue weighted by Crippen LogP contribution is 2.18. The molecule has 2 aromatic heterocycles. The number of carbonyl (C=O) groups is 1. The number of halogens is 1. The van der Waals surface area contributed by atoms with E-state index in [4.69, 9.17) is 4.74 Å². The molecule has 0 radical (unpaired) electrons. The second-order valence-corrected chi connectivity index (χ2v) is 7.24. The Labute approximate surface area is 170 Å². The number of hydrogen-bond donors (Lipinski definition) is 0. The molecule has 0 aliphatic carbocycles. The second kappa shape index (κ2) is 7.97. The number of piperazine rings is 1. The van der Waals surface area contributed by atoms with E-state index in [2.05, 4.69) is 35.9 Å². The summed E-state index contributed by atoms with van der Waals surface area (Å²) in [5, 5.41) is 4.45. The average molecular weight is 443 g/mol. The molecule has 9 heteroatoms. The van der Waals surface area contributed by atoms with Crippen LogP contribution in [0.3, 0.4) is 0 Å². The highest BCUT2D eigenvalue weighted by atomic mass is 79.9. The average Bonchev–Trinajstić information content (AvgIpc) is 3.24. The van der Waals surface area contributed by atoms with E-state index in [-0.39, 0.29) is 5.91 Å². The van der Waals surface area contributed by atoms with E-state index in [9.17, 15) is 4.79 Å². The molecule has 0 saturated carbocycles. The molecule has 1 amide bonds. The first-order valence-corrected chi connectivity index (χ1v) is 9.65. The maximum Gasteiger partial charge on any atom is 0.274 e. The van der Waals surface area contributed by atoms with Gasteiger partial charge in [-0.25, -0.2) is 4.68 Å². The van der Waals surface area contributed by atoms with Crippen molar-refractivity contribution in [1.82, 2.24) is 24.6 Å². The number of aromatic nitrogens is 4. The second-order valence-electron chi connectivity index (χ2n) is 6.32. The Hall–Kier alpha value is -2.94. The zero-order valence-electron chi connectivity index (χ0n) is 15.3. The molecule has 1 aliphatic rings. The number of anilines is 1.